The van der Waals surface area contributed by atoms with Crippen LogP contribution in [-0.4, -0.2) is 12.1 Å². The Morgan fingerprint density at radius 2 is 2.00 bits per heavy atom. The molecule has 1 heterocycles. The molecule has 0 spiro atoms. The minimum atomic E-state index is 0.0968. The van der Waals surface area contributed by atoms with Gasteiger partial charge in [-0.25, -0.2) is 4.98 Å². The average molecular weight is 165 g/mol. The Morgan fingerprint density at radius 3 is 2.42 bits per heavy atom. The lowest BCUT2D eigenvalue weighted by Gasteiger charge is -2.20. The quantitative estimate of drug-likeness (QED) is 0.637. The van der Waals surface area contributed by atoms with Gasteiger partial charge in [-0.05, 0) is 11.5 Å². The highest BCUT2D eigenvalue weighted by Gasteiger charge is 2.18. The van der Waals surface area contributed by atoms with Crippen molar-refractivity contribution in [3.05, 3.63) is 23.9 Å². The van der Waals surface area contributed by atoms with Gasteiger partial charge >= 0.3 is 0 Å². The van der Waals surface area contributed by atoms with Crippen molar-refractivity contribution in [2.75, 3.05) is 7.11 Å². The van der Waals surface area contributed by atoms with Crippen LogP contribution >= 0.6 is 0 Å². The zero-order valence-electron chi connectivity index (χ0n) is 8.09. The van der Waals surface area contributed by atoms with E-state index < -0.39 is 0 Å². The molecule has 0 N–H and O–H groups in total. The summed E-state index contributed by atoms with van der Waals surface area (Å²) in [5.41, 5.74) is 1.24. The Labute approximate surface area is 73.6 Å². The molecule has 0 saturated heterocycles. The molecule has 0 radical (unpaired) electrons. The van der Waals surface area contributed by atoms with Gasteiger partial charge in [-0.2, -0.15) is 0 Å². The molecule has 0 saturated carbocycles. The Bertz CT molecular complexity index is 263. The minimum absolute atomic E-state index is 0.0968. The Balaban J connectivity index is 3.14. The summed E-state index contributed by atoms with van der Waals surface area (Å²) in [7, 11) is 1.65. The molecule has 0 unspecified atom stereocenters. The third-order valence-electron chi connectivity index (χ3n) is 1.77. The van der Waals surface area contributed by atoms with Crippen molar-refractivity contribution in [3.63, 3.8) is 0 Å². The van der Waals surface area contributed by atoms with E-state index in [1.54, 1.807) is 13.3 Å². The van der Waals surface area contributed by atoms with E-state index in [0.29, 0.717) is 0 Å². The van der Waals surface area contributed by atoms with Crippen molar-refractivity contribution in [3.8, 4) is 5.88 Å². The zero-order chi connectivity index (χ0) is 9.19. The fraction of sp³-hybridized carbons (Fsp3) is 0.500. The Kier molecular flexibility index (Phi) is 2.36. The lowest BCUT2D eigenvalue weighted by Crippen LogP contribution is -2.13. The van der Waals surface area contributed by atoms with E-state index in [-0.39, 0.29) is 5.41 Å². The van der Waals surface area contributed by atoms with E-state index in [1.807, 2.05) is 12.1 Å². The molecule has 0 aliphatic rings. The van der Waals surface area contributed by atoms with Crippen LogP contribution < -0.4 is 4.74 Å². The second-order valence-electron chi connectivity index (χ2n) is 3.81. The second kappa shape index (κ2) is 3.13. The van der Waals surface area contributed by atoms with Crippen molar-refractivity contribution >= 4 is 0 Å². The van der Waals surface area contributed by atoms with Crippen LogP contribution in [0.15, 0.2) is 18.3 Å². The van der Waals surface area contributed by atoms with E-state index in [2.05, 4.69) is 25.8 Å². The molecule has 0 bridgehead atoms. The minimum Gasteiger partial charge on any atom is -0.481 e. The number of methoxy groups -OCH3 is 1. The topological polar surface area (TPSA) is 22.1 Å². The molecule has 0 atom stereocenters. The van der Waals surface area contributed by atoms with Gasteiger partial charge in [0, 0.05) is 11.8 Å². The molecule has 66 valence electrons. The van der Waals surface area contributed by atoms with Crippen molar-refractivity contribution in [1.82, 2.24) is 4.98 Å². The first-order valence-corrected chi connectivity index (χ1v) is 4.05. The molecule has 0 aliphatic carbocycles. The highest BCUT2D eigenvalue weighted by molar-refractivity contribution is 5.31. The smallest absolute Gasteiger partial charge is 0.216 e. The van der Waals surface area contributed by atoms with E-state index in [4.69, 9.17) is 4.74 Å². The zero-order valence-corrected chi connectivity index (χ0v) is 8.09. The number of pyridine rings is 1. The summed E-state index contributed by atoms with van der Waals surface area (Å²) >= 11 is 0. The SMILES string of the molecule is COc1ncccc1C(C)(C)C. The van der Waals surface area contributed by atoms with Gasteiger partial charge in [0.15, 0.2) is 0 Å². The summed E-state index contributed by atoms with van der Waals surface area (Å²) in [6, 6.07) is 3.98. The number of hydrogen-bond acceptors (Lipinski definition) is 2. The fourth-order valence-electron chi connectivity index (χ4n) is 1.12. The van der Waals surface area contributed by atoms with Crippen LogP contribution in [0.5, 0.6) is 5.88 Å². The van der Waals surface area contributed by atoms with Gasteiger partial charge in [-0.15, -0.1) is 0 Å². The van der Waals surface area contributed by atoms with Gasteiger partial charge in [0.2, 0.25) is 5.88 Å². The predicted molar refractivity (Wildman–Crippen MR) is 49.5 cm³/mol. The molecule has 2 heteroatoms. The first-order valence-electron chi connectivity index (χ1n) is 4.05. The first kappa shape index (κ1) is 9.04. The van der Waals surface area contributed by atoms with Crippen LogP contribution in [0.2, 0.25) is 0 Å². The van der Waals surface area contributed by atoms with E-state index in [1.165, 1.54) is 0 Å². The van der Waals surface area contributed by atoms with Crippen LogP contribution in [0.4, 0.5) is 0 Å². The molecule has 1 aromatic rings. The Hall–Kier alpha value is -1.05. The summed E-state index contributed by atoms with van der Waals surface area (Å²) in [6.45, 7) is 6.44. The first-order chi connectivity index (χ1) is 5.55. The summed E-state index contributed by atoms with van der Waals surface area (Å²) in [5, 5.41) is 0. The standard InChI is InChI=1S/C10H15NO/c1-10(2,3)8-6-5-7-11-9(8)12-4/h5-7H,1-4H3. The van der Waals surface area contributed by atoms with Crippen LogP contribution in [0.25, 0.3) is 0 Å². The second-order valence-corrected chi connectivity index (χ2v) is 3.81. The van der Waals surface area contributed by atoms with Gasteiger partial charge in [0.1, 0.15) is 0 Å². The normalized spacial score (nSPS) is 11.3. The highest BCUT2D eigenvalue weighted by Crippen LogP contribution is 2.28. The Morgan fingerprint density at radius 1 is 1.33 bits per heavy atom. The molecule has 2 nitrogen and oxygen atoms in total. The summed E-state index contributed by atoms with van der Waals surface area (Å²) < 4.78 is 5.16. The molecule has 0 aliphatic heterocycles. The van der Waals surface area contributed by atoms with Crippen LogP contribution in [-0.2, 0) is 5.41 Å². The van der Waals surface area contributed by atoms with Crippen LogP contribution in [0, 0.1) is 0 Å². The van der Waals surface area contributed by atoms with E-state index in [9.17, 15) is 0 Å². The van der Waals surface area contributed by atoms with E-state index in [0.717, 1.165) is 11.4 Å². The van der Waals surface area contributed by atoms with Gasteiger partial charge in [0.05, 0.1) is 7.11 Å². The third kappa shape index (κ3) is 1.76. The number of ether oxygens (including phenoxy) is 1. The molecular weight excluding hydrogens is 150 g/mol. The molecule has 1 rings (SSSR count). The molecular formula is C10H15NO. The van der Waals surface area contributed by atoms with Crippen molar-refractivity contribution in [2.45, 2.75) is 26.2 Å². The predicted octanol–water partition coefficient (Wildman–Crippen LogP) is 2.39. The molecule has 0 fully saturated rings. The lowest BCUT2D eigenvalue weighted by molar-refractivity contribution is 0.380. The van der Waals surface area contributed by atoms with Gasteiger partial charge in [-0.1, -0.05) is 26.8 Å². The van der Waals surface area contributed by atoms with Gasteiger partial charge in [-0.3, -0.25) is 0 Å². The number of aromatic nitrogens is 1. The summed E-state index contributed by atoms with van der Waals surface area (Å²) in [5.74, 6) is 0.727. The molecule has 12 heavy (non-hydrogen) atoms. The average Bonchev–Trinajstić information content (AvgIpc) is 2.03. The monoisotopic (exact) mass is 165 g/mol. The largest absolute Gasteiger partial charge is 0.481 e. The van der Waals surface area contributed by atoms with Crippen molar-refractivity contribution in [2.24, 2.45) is 0 Å². The third-order valence-corrected chi connectivity index (χ3v) is 1.77. The molecule has 1 aromatic heterocycles. The fourth-order valence-corrected chi connectivity index (χ4v) is 1.12. The summed E-state index contributed by atoms with van der Waals surface area (Å²) in [4.78, 5) is 4.14. The highest BCUT2D eigenvalue weighted by atomic mass is 16.5. The number of rotatable bonds is 1. The molecule has 0 amide bonds. The van der Waals surface area contributed by atoms with Crippen molar-refractivity contribution in [1.29, 1.82) is 0 Å². The maximum absolute atomic E-state index is 5.16. The number of hydrogen-bond donors (Lipinski definition) is 0. The van der Waals surface area contributed by atoms with Crippen LogP contribution in [0.1, 0.15) is 26.3 Å². The van der Waals surface area contributed by atoms with Gasteiger partial charge in [0.25, 0.3) is 0 Å². The van der Waals surface area contributed by atoms with Crippen molar-refractivity contribution < 1.29 is 4.74 Å². The van der Waals surface area contributed by atoms with Crippen LogP contribution in [0.3, 0.4) is 0 Å². The van der Waals surface area contributed by atoms with Gasteiger partial charge < -0.3 is 4.74 Å². The molecule has 0 aromatic carbocycles. The number of nitrogens with zero attached hydrogens (tertiary/aromatic N) is 1. The lowest BCUT2D eigenvalue weighted by atomic mass is 9.88. The maximum Gasteiger partial charge on any atom is 0.216 e. The van der Waals surface area contributed by atoms with E-state index >= 15 is 0 Å². The summed E-state index contributed by atoms with van der Waals surface area (Å²) in [6.07, 6.45) is 1.74. The maximum atomic E-state index is 5.16.